The molecular formula is C107H109Ir3N9O3Si3-6. The van der Waals surface area contributed by atoms with Crippen molar-refractivity contribution in [2.24, 2.45) is 0 Å². The van der Waals surface area contributed by atoms with E-state index in [1.807, 2.05) is 207 Å². The third-order valence-electron chi connectivity index (χ3n) is 20.4. The van der Waals surface area contributed by atoms with Crippen molar-refractivity contribution in [3.63, 3.8) is 0 Å². The predicted molar refractivity (Wildman–Crippen MR) is 515 cm³/mol. The molecule has 0 saturated carbocycles. The SMILES string of the molecule is [2H]C(C)(C)c1cc(-c2[c-]cccc2)ncc1[Si](C)(C)C.[2H]C(C)(C)c1cc(-c2[c-]cccc2)ncc1[Si](C)(C)C.[2H]C(C)(C)c1cc(-c2[c-]cccc2)ncc1[Si](C)(C)C.[2H]C(C)(C)c1ccnc(-c2[c-]ccc3c2oc2ncccc23)c1.[2H]C([2H])([2H])C(c1ccnc(-c2[c-]ccc3c2oc2ncccc23)c1)(C([2H])([2H])[2H])C([2H])([2H])[2H].[2H]C([2H])([2H])c1ccnc(-c2[c-]ccc3c2oc2ncccc23)c1.[Ir].[Ir].[Ir]. The van der Waals surface area contributed by atoms with E-state index in [1.165, 1.54) is 40.1 Å². The topological polar surface area (TPSA) is 155 Å². The summed E-state index contributed by atoms with van der Waals surface area (Å²) >= 11 is 0. The Morgan fingerprint density at radius 1 is 0.320 bits per heavy atom. The number of furan rings is 3. The van der Waals surface area contributed by atoms with Crippen LogP contribution in [0.15, 0.2) is 269 Å². The third kappa shape index (κ3) is 23.5. The van der Waals surface area contributed by atoms with Crippen LogP contribution in [0.4, 0.5) is 0 Å². The van der Waals surface area contributed by atoms with E-state index in [1.54, 1.807) is 55.1 Å². The zero-order valence-electron chi connectivity index (χ0n) is 89.0. The number of benzene rings is 6. The monoisotopic (exact) mass is 2250 g/mol. The fourth-order valence-electron chi connectivity index (χ4n) is 14.0. The number of rotatable bonds is 13. The second-order valence-electron chi connectivity index (χ2n) is 33.6. The van der Waals surface area contributed by atoms with Gasteiger partial charge in [0.2, 0.25) is 17.1 Å². The molecule has 0 atom stereocenters. The molecule has 0 aliphatic heterocycles. The molecule has 12 heterocycles. The first kappa shape index (κ1) is 76.0. The Hall–Kier alpha value is -10.3. The molecule has 0 fully saturated rings. The van der Waals surface area contributed by atoms with Crippen LogP contribution in [0.25, 0.3) is 134 Å². The van der Waals surface area contributed by atoms with Crippen molar-refractivity contribution in [1.82, 2.24) is 44.9 Å². The minimum absolute atomic E-state index is 0. The second-order valence-corrected chi connectivity index (χ2v) is 48.7. The Bertz CT molecular complexity index is 6900. The molecule has 645 valence electrons. The molecular weight excluding hydrogens is 2120 g/mol. The summed E-state index contributed by atoms with van der Waals surface area (Å²) in [5, 5.41) is 9.08. The molecule has 18 rings (SSSR count). The van der Waals surface area contributed by atoms with E-state index < -0.39 is 80.6 Å². The molecule has 12 aromatic heterocycles. The Labute approximate surface area is 804 Å². The van der Waals surface area contributed by atoms with Crippen LogP contribution < -0.4 is 15.6 Å². The van der Waals surface area contributed by atoms with E-state index in [0.717, 1.165) is 106 Å². The van der Waals surface area contributed by atoms with Crippen molar-refractivity contribution in [1.29, 1.82) is 0 Å². The van der Waals surface area contributed by atoms with Crippen LogP contribution in [-0.2, 0) is 65.7 Å². The summed E-state index contributed by atoms with van der Waals surface area (Å²) in [6.07, 6.45) is 15.3. The maximum Gasteiger partial charge on any atom is 0.216 e. The average Bonchev–Trinajstić information content (AvgIpc) is 0.947. The number of fused-ring (bicyclic) bond motifs is 9. The number of hydrogen-bond acceptors (Lipinski definition) is 12. The van der Waals surface area contributed by atoms with Gasteiger partial charge in [0.05, 0.1) is 41.0 Å². The van der Waals surface area contributed by atoms with Crippen LogP contribution in [-0.4, -0.2) is 69.1 Å². The van der Waals surface area contributed by atoms with Crippen molar-refractivity contribution in [2.45, 2.75) is 171 Å². The average molecular weight is 2250 g/mol. The number of aromatic nitrogens is 9. The molecule has 0 amide bonds. The number of hydrogen-bond donors (Lipinski definition) is 0. The minimum atomic E-state index is -3.36. The van der Waals surface area contributed by atoms with Crippen molar-refractivity contribution < 1.29 is 95.5 Å². The number of aryl methyl sites for hydroxylation is 1. The minimum Gasteiger partial charge on any atom is -0.486 e. The summed E-state index contributed by atoms with van der Waals surface area (Å²) in [5.74, 6) is -2.51. The molecule has 0 bridgehead atoms. The van der Waals surface area contributed by atoms with Crippen molar-refractivity contribution in [2.75, 3.05) is 0 Å². The van der Waals surface area contributed by atoms with Crippen LogP contribution in [0.1, 0.15) is 155 Å². The summed E-state index contributed by atoms with van der Waals surface area (Å²) < 4.78 is 145. The van der Waals surface area contributed by atoms with Crippen molar-refractivity contribution in [3.05, 3.63) is 326 Å². The normalized spacial score (nSPS) is 14.1. The van der Waals surface area contributed by atoms with Crippen LogP contribution >= 0.6 is 0 Å². The molecule has 18 heteroatoms. The Morgan fingerprint density at radius 2 is 0.664 bits per heavy atom. The molecule has 0 spiro atoms. The second kappa shape index (κ2) is 42.3. The molecule has 0 aliphatic carbocycles. The molecule has 6 aromatic carbocycles. The molecule has 18 aromatic rings. The summed E-state index contributed by atoms with van der Waals surface area (Å²) in [4.78, 5) is 39.5. The maximum absolute atomic E-state index is 8.44. The van der Waals surface area contributed by atoms with Gasteiger partial charge in [0.25, 0.3) is 0 Å². The molecule has 125 heavy (non-hydrogen) atoms. The van der Waals surface area contributed by atoms with E-state index >= 15 is 0 Å². The molecule has 0 unspecified atom stereocenters. The molecule has 0 saturated heterocycles. The van der Waals surface area contributed by atoms with Gasteiger partial charge in [-0.1, -0.05) is 232 Å². The number of nitrogens with zero attached hydrogens (tertiary/aromatic N) is 9. The first-order valence-electron chi connectivity index (χ1n) is 48.3. The van der Waals surface area contributed by atoms with Crippen LogP contribution in [0.2, 0.25) is 58.9 Å². The van der Waals surface area contributed by atoms with Gasteiger partial charge in [-0.25, -0.2) is 15.0 Å². The van der Waals surface area contributed by atoms with E-state index in [2.05, 4.69) is 158 Å². The van der Waals surface area contributed by atoms with Gasteiger partial charge in [0.15, 0.2) is 0 Å². The third-order valence-corrected chi connectivity index (χ3v) is 26.4. The van der Waals surface area contributed by atoms with Gasteiger partial charge in [-0.05, 0) is 146 Å². The maximum atomic E-state index is 8.44. The Balaban J connectivity index is 0.000000175. The first-order valence-corrected chi connectivity index (χ1v) is 50.8. The van der Waals surface area contributed by atoms with Crippen molar-refractivity contribution >= 4 is 106 Å². The van der Waals surface area contributed by atoms with E-state index in [4.69, 9.17) is 35.2 Å². The largest absolute Gasteiger partial charge is 0.486 e. The smallest absolute Gasteiger partial charge is 0.216 e. The summed E-state index contributed by atoms with van der Waals surface area (Å²) in [6, 6.07) is 80.1. The van der Waals surface area contributed by atoms with Gasteiger partial charge in [-0.3, -0.25) is 0 Å². The Morgan fingerprint density at radius 3 is 0.984 bits per heavy atom. The van der Waals surface area contributed by atoms with Gasteiger partial charge >= 0.3 is 0 Å². The van der Waals surface area contributed by atoms with Gasteiger partial charge < -0.3 is 43.2 Å². The molecule has 12 nitrogen and oxygen atoms in total. The van der Waals surface area contributed by atoms with E-state index in [0.29, 0.717) is 50.5 Å². The van der Waals surface area contributed by atoms with Crippen molar-refractivity contribution in [3.8, 4) is 67.5 Å². The quantitative estimate of drug-likeness (QED) is 0.0797. The summed E-state index contributed by atoms with van der Waals surface area (Å²) in [7, 11) is -4.51. The van der Waals surface area contributed by atoms with Crippen LogP contribution in [0, 0.1) is 43.3 Å². The van der Waals surface area contributed by atoms with Gasteiger partial charge in [0.1, 0.15) is 0 Å². The molecule has 0 aliphatic rings. The van der Waals surface area contributed by atoms with Crippen LogP contribution in [0.3, 0.4) is 0 Å². The summed E-state index contributed by atoms with van der Waals surface area (Å²) in [5.41, 5.74) is 13.0. The van der Waals surface area contributed by atoms with Gasteiger partial charge in [-0.2, -0.15) is 0 Å². The van der Waals surface area contributed by atoms with E-state index in [9.17, 15) is 0 Å². The number of pyridine rings is 9. The fraction of sp³-hybridized carbons (Fsp3) is 0.243. The molecule has 3 radical (unpaired) electrons. The molecule has 0 N–H and O–H groups in total. The summed E-state index contributed by atoms with van der Waals surface area (Å²) in [6.45, 7) is 23.9. The van der Waals surface area contributed by atoms with E-state index in [-0.39, 0.29) is 77.1 Å². The first-order chi connectivity index (χ1) is 64.4. The fourth-order valence-corrected chi connectivity index (χ4v) is 18.8. The predicted octanol–water partition coefficient (Wildman–Crippen LogP) is 26.9. The van der Waals surface area contributed by atoms with Gasteiger partial charge in [-0.15, -0.1) is 162 Å². The standard InChI is InChI=1S/C20H17N2O.C19H15N2O.C17H11N2O.3C17H22NSi.3Ir/c1-20(2,3)13-9-11-21-17(12-13)16-7-4-6-14-15-8-5-10-22-19(15)23-18(14)16;1-12(2)13-8-10-20-17(11-13)16-6-3-5-14-15-7-4-9-21-19(15)22-18(14)16;1-11-7-9-18-15(10-11)14-5-2-4-12-13-6-3-8-19-17(13)20-16(12)14;3*1-13(2)15-11-16(14-9-7-6-8-10-14)18-12-17(15)19(3,4)5;;;/h4-6,8-12H,1-3H3;3-5,7-12H,1-2H3;2-4,6-10H,1H3;3*6-9,11-13H,1-5H3;;;/q6*-1;;;/i1D3,2D3,3D3;12D;1D3;3*13D;;;. The Kier molecular flexibility index (Phi) is 25.7. The van der Waals surface area contributed by atoms with Crippen LogP contribution in [0.5, 0.6) is 0 Å². The zero-order valence-corrected chi connectivity index (χ0v) is 83.2. The zero-order chi connectivity index (χ0) is 100. The van der Waals surface area contributed by atoms with Gasteiger partial charge in [0, 0.05) is 154 Å².